The molecule has 2 rings (SSSR count). The average Bonchev–Trinajstić information content (AvgIpc) is 2.76. The molecule has 5 heteroatoms. The number of hydrogen-bond donors (Lipinski definition) is 1. The second-order valence-electron chi connectivity index (χ2n) is 2.69. The Kier molecular flexibility index (Phi) is 1.51. The zero-order valence-electron chi connectivity index (χ0n) is 6.47. The minimum absolute atomic E-state index is 0.0903. The molecular formula is C7H9N4O+. The predicted octanol–water partition coefficient (Wildman–Crippen LogP) is -0.0847. The van der Waals surface area contributed by atoms with Crippen molar-refractivity contribution in [1.29, 1.82) is 0 Å². The van der Waals surface area contributed by atoms with Gasteiger partial charge in [-0.3, -0.25) is 4.98 Å². The van der Waals surface area contributed by atoms with Crippen LogP contribution in [0.2, 0.25) is 0 Å². The number of nitrogens with one attached hydrogen (secondary N) is 1. The normalized spacial score (nSPS) is 27.7. The van der Waals surface area contributed by atoms with E-state index in [1.807, 2.05) is 0 Å². The van der Waals surface area contributed by atoms with E-state index in [1.165, 1.54) is 0 Å². The highest BCUT2D eigenvalue weighted by Gasteiger charge is 2.34. The standard InChI is InChI=1S/C7H9N4O/c12-6-11(4-3-8-5-11)7-9-1-2-10-7/h1-2,5-6H,3-4H2,(H,9,10)/q+1. The van der Waals surface area contributed by atoms with Gasteiger partial charge in [-0.2, -0.15) is 9.47 Å². The maximum absolute atomic E-state index is 10.8. The van der Waals surface area contributed by atoms with E-state index >= 15 is 0 Å². The van der Waals surface area contributed by atoms with Crippen molar-refractivity contribution in [3.05, 3.63) is 12.4 Å². The third-order valence-electron chi connectivity index (χ3n) is 1.95. The summed E-state index contributed by atoms with van der Waals surface area (Å²) in [5.41, 5.74) is 0. The Morgan fingerprint density at radius 3 is 3.08 bits per heavy atom. The van der Waals surface area contributed by atoms with Crippen LogP contribution in [0.1, 0.15) is 0 Å². The lowest BCUT2D eigenvalue weighted by Gasteiger charge is -2.16. The van der Waals surface area contributed by atoms with Gasteiger partial charge in [0.2, 0.25) is 6.34 Å². The Morgan fingerprint density at radius 2 is 2.58 bits per heavy atom. The van der Waals surface area contributed by atoms with Crippen LogP contribution < -0.4 is 4.48 Å². The summed E-state index contributed by atoms with van der Waals surface area (Å²) in [7, 11) is 0. The number of aromatic amines is 1. The highest BCUT2D eigenvalue weighted by Crippen LogP contribution is 2.15. The molecule has 0 aliphatic carbocycles. The van der Waals surface area contributed by atoms with E-state index in [1.54, 1.807) is 18.7 Å². The summed E-state index contributed by atoms with van der Waals surface area (Å²) in [5, 5.41) is 0. The molecule has 1 amide bonds. The van der Waals surface area contributed by atoms with Crippen molar-refractivity contribution in [3.63, 3.8) is 0 Å². The second kappa shape index (κ2) is 2.53. The van der Waals surface area contributed by atoms with E-state index in [0.29, 0.717) is 19.0 Å². The largest absolute Gasteiger partial charge is 0.319 e. The molecule has 0 fully saturated rings. The van der Waals surface area contributed by atoms with Crippen LogP contribution in [0.4, 0.5) is 5.95 Å². The lowest BCUT2D eigenvalue weighted by Crippen LogP contribution is -2.45. The molecular weight excluding hydrogens is 156 g/mol. The number of aromatic nitrogens is 2. The SMILES string of the molecule is O=C[N+]1(c2ncc[nH]2)C=NCC1. The first-order valence-corrected chi connectivity index (χ1v) is 3.72. The van der Waals surface area contributed by atoms with Crippen molar-refractivity contribution in [3.8, 4) is 0 Å². The molecule has 0 saturated heterocycles. The minimum Gasteiger partial charge on any atom is -0.298 e. The van der Waals surface area contributed by atoms with Crippen molar-refractivity contribution < 1.29 is 4.79 Å². The quantitative estimate of drug-likeness (QED) is 0.492. The van der Waals surface area contributed by atoms with Gasteiger partial charge in [0.15, 0.2) is 0 Å². The van der Waals surface area contributed by atoms with Crippen LogP contribution in [0.15, 0.2) is 17.4 Å². The predicted molar refractivity (Wildman–Crippen MR) is 44.7 cm³/mol. The first-order valence-electron chi connectivity index (χ1n) is 3.72. The van der Waals surface area contributed by atoms with Crippen molar-refractivity contribution in [2.75, 3.05) is 13.1 Å². The third kappa shape index (κ3) is 0.868. The van der Waals surface area contributed by atoms with E-state index in [2.05, 4.69) is 15.0 Å². The van der Waals surface area contributed by atoms with Crippen molar-refractivity contribution in [1.82, 2.24) is 14.5 Å². The molecule has 0 bridgehead atoms. The number of aliphatic imine (C=N–C) groups is 1. The van der Waals surface area contributed by atoms with E-state index in [0.717, 1.165) is 6.41 Å². The van der Waals surface area contributed by atoms with E-state index in [4.69, 9.17) is 0 Å². The molecule has 1 aliphatic rings. The molecule has 1 aromatic heterocycles. The first-order chi connectivity index (χ1) is 5.87. The molecule has 1 N–H and O–H groups in total. The van der Waals surface area contributed by atoms with Gasteiger partial charge < -0.3 is 0 Å². The van der Waals surface area contributed by atoms with Gasteiger partial charge in [-0.1, -0.05) is 0 Å². The maximum atomic E-state index is 10.8. The summed E-state index contributed by atoms with van der Waals surface area (Å²) < 4.78 is 0.0903. The number of carbonyl (C=O) groups is 1. The topological polar surface area (TPSA) is 58.1 Å². The molecule has 1 unspecified atom stereocenters. The van der Waals surface area contributed by atoms with Gasteiger partial charge in [-0.25, -0.2) is 9.79 Å². The number of imidazole rings is 1. The number of amides is 1. The Bertz CT molecular complexity index is 305. The Balaban J connectivity index is 2.41. The first kappa shape index (κ1) is 7.17. The molecule has 12 heavy (non-hydrogen) atoms. The summed E-state index contributed by atoms with van der Waals surface area (Å²) in [5.74, 6) is 0.631. The van der Waals surface area contributed by atoms with E-state index in [-0.39, 0.29) is 4.48 Å². The van der Waals surface area contributed by atoms with Crippen molar-refractivity contribution in [2.24, 2.45) is 4.99 Å². The van der Waals surface area contributed by atoms with Gasteiger partial charge in [-0.15, -0.1) is 0 Å². The molecule has 0 aromatic carbocycles. The van der Waals surface area contributed by atoms with Crippen molar-refractivity contribution in [2.45, 2.75) is 0 Å². The highest BCUT2D eigenvalue weighted by atomic mass is 16.1. The Morgan fingerprint density at radius 1 is 1.67 bits per heavy atom. The van der Waals surface area contributed by atoms with Crippen LogP contribution in [0.5, 0.6) is 0 Å². The maximum Gasteiger partial charge on any atom is 0.319 e. The van der Waals surface area contributed by atoms with Crippen LogP contribution in [0, 0.1) is 0 Å². The summed E-state index contributed by atoms with van der Waals surface area (Å²) in [4.78, 5) is 21.8. The smallest absolute Gasteiger partial charge is 0.298 e. The number of hydrogen-bond acceptors (Lipinski definition) is 3. The van der Waals surface area contributed by atoms with Crippen LogP contribution in [-0.2, 0) is 4.79 Å². The summed E-state index contributed by atoms with van der Waals surface area (Å²) in [6, 6.07) is 0. The number of rotatable bonds is 2. The summed E-state index contributed by atoms with van der Waals surface area (Å²) >= 11 is 0. The minimum atomic E-state index is 0.0903. The number of quaternary nitrogens is 1. The fraction of sp³-hybridized carbons (Fsp3) is 0.286. The van der Waals surface area contributed by atoms with Gasteiger partial charge in [0, 0.05) is 6.20 Å². The number of carbonyl (C=O) groups excluding carboxylic acids is 1. The van der Waals surface area contributed by atoms with Gasteiger partial charge in [0.25, 0.3) is 0 Å². The lowest BCUT2D eigenvalue weighted by atomic mass is 10.5. The van der Waals surface area contributed by atoms with Gasteiger partial charge in [0.05, 0.1) is 12.7 Å². The zero-order chi connectivity index (χ0) is 8.44. The average molecular weight is 165 g/mol. The molecule has 0 radical (unpaired) electrons. The Labute approximate surface area is 69.3 Å². The molecule has 2 heterocycles. The molecule has 1 atom stereocenters. The summed E-state index contributed by atoms with van der Waals surface area (Å²) in [6.45, 7) is 1.34. The van der Waals surface area contributed by atoms with Crippen LogP contribution >= 0.6 is 0 Å². The molecule has 62 valence electrons. The molecule has 5 nitrogen and oxygen atoms in total. The van der Waals surface area contributed by atoms with E-state index < -0.39 is 0 Å². The molecule has 1 aromatic rings. The highest BCUT2D eigenvalue weighted by molar-refractivity contribution is 5.90. The fourth-order valence-corrected chi connectivity index (χ4v) is 1.26. The fourth-order valence-electron chi connectivity index (χ4n) is 1.26. The van der Waals surface area contributed by atoms with Gasteiger partial charge in [0.1, 0.15) is 6.54 Å². The van der Waals surface area contributed by atoms with Crippen molar-refractivity contribution >= 4 is 18.7 Å². The lowest BCUT2D eigenvalue weighted by molar-refractivity contribution is -0.114. The van der Waals surface area contributed by atoms with Crippen LogP contribution in [0.25, 0.3) is 0 Å². The molecule has 0 saturated carbocycles. The molecule has 0 spiro atoms. The molecule has 1 aliphatic heterocycles. The van der Waals surface area contributed by atoms with E-state index in [9.17, 15) is 4.79 Å². The summed E-state index contributed by atoms with van der Waals surface area (Å²) in [6.07, 6.45) is 5.79. The van der Waals surface area contributed by atoms with Gasteiger partial charge >= 0.3 is 12.4 Å². The van der Waals surface area contributed by atoms with Crippen LogP contribution in [-0.4, -0.2) is 35.8 Å². The Hall–Kier alpha value is -1.49. The van der Waals surface area contributed by atoms with Gasteiger partial charge in [-0.05, 0) is 0 Å². The number of H-pyrrole nitrogens is 1. The third-order valence-corrected chi connectivity index (χ3v) is 1.95. The second-order valence-corrected chi connectivity index (χ2v) is 2.69. The number of nitrogens with zero attached hydrogens (tertiary/aromatic N) is 3. The van der Waals surface area contributed by atoms with Crippen LogP contribution in [0.3, 0.4) is 0 Å². The monoisotopic (exact) mass is 165 g/mol. The zero-order valence-corrected chi connectivity index (χ0v) is 6.47.